The molecule has 0 unspecified atom stereocenters. The van der Waals surface area contributed by atoms with Crippen LogP contribution in [0.4, 0.5) is 5.69 Å². The van der Waals surface area contributed by atoms with E-state index in [0.29, 0.717) is 13.2 Å². The van der Waals surface area contributed by atoms with Crippen LogP contribution in [0.2, 0.25) is 0 Å². The van der Waals surface area contributed by atoms with E-state index in [0.717, 1.165) is 16.7 Å². The molecule has 4 heteroatoms. The third-order valence-electron chi connectivity index (χ3n) is 2.26. The summed E-state index contributed by atoms with van der Waals surface area (Å²) in [5.74, 6) is 0. The first kappa shape index (κ1) is 12.6. The van der Waals surface area contributed by atoms with Crippen molar-refractivity contribution in [1.82, 2.24) is 0 Å². The van der Waals surface area contributed by atoms with Gasteiger partial charge >= 0.3 is 0 Å². The predicted molar refractivity (Wildman–Crippen MR) is 76.6 cm³/mol. The number of hydrogen-bond donors (Lipinski definition) is 1. The van der Waals surface area contributed by atoms with Gasteiger partial charge in [0.1, 0.15) is 0 Å². The van der Waals surface area contributed by atoms with Crippen molar-refractivity contribution in [3.8, 4) is 0 Å². The van der Waals surface area contributed by atoms with Gasteiger partial charge in [-0.1, -0.05) is 18.2 Å². The average Bonchev–Trinajstić information content (AvgIpc) is 2.84. The Hall–Kier alpha value is -0.840. The lowest BCUT2D eigenvalue weighted by Gasteiger charge is -2.08. The van der Waals surface area contributed by atoms with Crippen molar-refractivity contribution >= 4 is 33.0 Å². The molecule has 1 N–H and O–H groups in total. The molecule has 2 nitrogen and oxygen atoms in total. The van der Waals surface area contributed by atoms with Crippen molar-refractivity contribution in [1.29, 1.82) is 0 Å². The minimum Gasteiger partial charge on any atom is -0.382 e. The Morgan fingerprint density at radius 3 is 2.82 bits per heavy atom. The second kappa shape index (κ2) is 6.79. The number of nitrogens with one attached hydrogen (secondary N) is 1. The molecule has 17 heavy (non-hydrogen) atoms. The summed E-state index contributed by atoms with van der Waals surface area (Å²) in [5, 5.41) is 5.39. The van der Waals surface area contributed by atoms with Gasteiger partial charge in [-0.05, 0) is 39.5 Å². The first-order chi connectivity index (χ1) is 8.36. The van der Waals surface area contributed by atoms with E-state index in [2.05, 4.69) is 32.7 Å². The SMILES string of the molecule is Brc1ccccc1NCCOCc1cccs1. The lowest BCUT2D eigenvalue weighted by Crippen LogP contribution is -2.09. The number of ether oxygens (including phenoxy) is 1. The average molecular weight is 312 g/mol. The van der Waals surface area contributed by atoms with Crippen LogP contribution in [-0.2, 0) is 11.3 Å². The second-order valence-corrected chi connectivity index (χ2v) is 5.43. The van der Waals surface area contributed by atoms with E-state index < -0.39 is 0 Å². The van der Waals surface area contributed by atoms with Crippen LogP contribution in [0.25, 0.3) is 0 Å². The largest absolute Gasteiger partial charge is 0.382 e. The monoisotopic (exact) mass is 311 g/mol. The maximum Gasteiger partial charge on any atom is 0.0810 e. The van der Waals surface area contributed by atoms with Crippen molar-refractivity contribution in [3.05, 3.63) is 51.1 Å². The fourth-order valence-corrected chi connectivity index (χ4v) is 2.50. The van der Waals surface area contributed by atoms with Gasteiger partial charge < -0.3 is 10.1 Å². The molecular weight excluding hydrogens is 298 g/mol. The zero-order valence-corrected chi connectivity index (χ0v) is 11.8. The normalized spacial score (nSPS) is 10.4. The maximum atomic E-state index is 5.57. The molecule has 0 aliphatic rings. The third-order valence-corrected chi connectivity index (χ3v) is 3.80. The predicted octanol–water partition coefficient (Wildman–Crippen LogP) is 4.14. The summed E-state index contributed by atoms with van der Waals surface area (Å²) in [6.07, 6.45) is 0. The molecule has 1 heterocycles. The zero-order chi connectivity index (χ0) is 11.9. The van der Waals surface area contributed by atoms with E-state index >= 15 is 0 Å². The lowest BCUT2D eigenvalue weighted by atomic mass is 10.3. The van der Waals surface area contributed by atoms with Crippen LogP contribution < -0.4 is 5.32 Å². The summed E-state index contributed by atoms with van der Waals surface area (Å²) in [6.45, 7) is 2.22. The van der Waals surface area contributed by atoms with Crippen LogP contribution in [0.3, 0.4) is 0 Å². The van der Waals surface area contributed by atoms with Crippen LogP contribution >= 0.6 is 27.3 Å². The molecule has 0 radical (unpaired) electrons. The minimum absolute atomic E-state index is 0.704. The first-order valence-electron chi connectivity index (χ1n) is 5.45. The van der Waals surface area contributed by atoms with Gasteiger partial charge in [-0.25, -0.2) is 0 Å². The summed E-state index contributed by atoms with van der Waals surface area (Å²) >= 11 is 5.22. The molecule has 0 aliphatic carbocycles. The van der Waals surface area contributed by atoms with Gasteiger partial charge in [0.2, 0.25) is 0 Å². The van der Waals surface area contributed by atoms with Crippen LogP contribution in [0.1, 0.15) is 4.88 Å². The number of hydrogen-bond acceptors (Lipinski definition) is 3. The third kappa shape index (κ3) is 4.15. The second-order valence-electron chi connectivity index (χ2n) is 3.54. The minimum atomic E-state index is 0.704. The van der Waals surface area contributed by atoms with E-state index in [-0.39, 0.29) is 0 Å². The topological polar surface area (TPSA) is 21.3 Å². The Balaban J connectivity index is 1.65. The Morgan fingerprint density at radius 2 is 2.06 bits per heavy atom. The fourth-order valence-electron chi connectivity index (χ4n) is 1.43. The summed E-state index contributed by atoms with van der Waals surface area (Å²) in [7, 11) is 0. The molecule has 2 aromatic rings. The molecule has 1 aromatic carbocycles. The molecule has 0 saturated carbocycles. The number of anilines is 1. The molecule has 0 aliphatic heterocycles. The first-order valence-corrected chi connectivity index (χ1v) is 7.12. The number of para-hydroxylation sites is 1. The van der Waals surface area contributed by atoms with E-state index in [1.54, 1.807) is 11.3 Å². The number of rotatable bonds is 6. The highest BCUT2D eigenvalue weighted by molar-refractivity contribution is 9.10. The molecule has 90 valence electrons. The highest BCUT2D eigenvalue weighted by Gasteiger charge is 1.97. The summed E-state index contributed by atoms with van der Waals surface area (Å²) in [5.41, 5.74) is 1.10. The molecule has 0 spiro atoms. The Bertz CT molecular complexity index is 444. The maximum absolute atomic E-state index is 5.57. The van der Waals surface area contributed by atoms with Crippen LogP contribution in [0.15, 0.2) is 46.3 Å². The molecule has 2 rings (SSSR count). The molecule has 0 fully saturated rings. The molecule has 1 aromatic heterocycles. The molecular formula is C13H14BrNOS. The van der Waals surface area contributed by atoms with Gasteiger partial charge in [0.25, 0.3) is 0 Å². The number of thiophene rings is 1. The van der Waals surface area contributed by atoms with Gasteiger partial charge in [-0.15, -0.1) is 11.3 Å². The van der Waals surface area contributed by atoms with Crippen molar-refractivity contribution in [3.63, 3.8) is 0 Å². The Labute approximate surface area is 114 Å². The van der Waals surface area contributed by atoms with Gasteiger partial charge in [0.15, 0.2) is 0 Å². The highest BCUT2D eigenvalue weighted by atomic mass is 79.9. The molecule has 0 saturated heterocycles. The lowest BCUT2D eigenvalue weighted by molar-refractivity contribution is 0.132. The van der Waals surface area contributed by atoms with E-state index in [1.165, 1.54) is 4.88 Å². The van der Waals surface area contributed by atoms with E-state index in [9.17, 15) is 0 Å². The smallest absolute Gasteiger partial charge is 0.0810 e. The summed E-state index contributed by atoms with van der Waals surface area (Å²) < 4.78 is 6.65. The Morgan fingerprint density at radius 1 is 1.18 bits per heavy atom. The van der Waals surface area contributed by atoms with Crippen LogP contribution in [0, 0.1) is 0 Å². The van der Waals surface area contributed by atoms with Gasteiger partial charge in [0.05, 0.1) is 13.2 Å². The van der Waals surface area contributed by atoms with Gasteiger partial charge in [-0.2, -0.15) is 0 Å². The zero-order valence-electron chi connectivity index (χ0n) is 9.36. The highest BCUT2D eigenvalue weighted by Crippen LogP contribution is 2.20. The summed E-state index contributed by atoms with van der Waals surface area (Å²) in [6, 6.07) is 12.2. The number of benzene rings is 1. The van der Waals surface area contributed by atoms with E-state index in [4.69, 9.17) is 4.74 Å². The summed E-state index contributed by atoms with van der Waals surface area (Å²) in [4.78, 5) is 1.27. The van der Waals surface area contributed by atoms with Crippen LogP contribution in [-0.4, -0.2) is 13.2 Å². The standard InChI is InChI=1S/C13H14BrNOS/c14-12-5-1-2-6-13(12)15-7-8-16-10-11-4-3-9-17-11/h1-6,9,15H,7-8,10H2. The van der Waals surface area contributed by atoms with Crippen molar-refractivity contribution in [2.24, 2.45) is 0 Å². The van der Waals surface area contributed by atoms with Crippen molar-refractivity contribution in [2.45, 2.75) is 6.61 Å². The van der Waals surface area contributed by atoms with Crippen molar-refractivity contribution < 1.29 is 4.74 Å². The fraction of sp³-hybridized carbons (Fsp3) is 0.231. The molecule has 0 bridgehead atoms. The van der Waals surface area contributed by atoms with Crippen molar-refractivity contribution in [2.75, 3.05) is 18.5 Å². The van der Waals surface area contributed by atoms with Gasteiger partial charge in [0, 0.05) is 21.6 Å². The molecule has 0 amide bonds. The number of halogens is 1. The molecule has 0 atom stereocenters. The Kier molecular flexibility index (Phi) is 5.04. The van der Waals surface area contributed by atoms with E-state index in [1.807, 2.05) is 30.3 Å². The van der Waals surface area contributed by atoms with Crippen LogP contribution in [0.5, 0.6) is 0 Å². The van der Waals surface area contributed by atoms with Gasteiger partial charge in [-0.3, -0.25) is 0 Å². The quantitative estimate of drug-likeness (QED) is 0.810.